The SMILES string of the molecule is CC(C#N)CN(C)C(=O)c1cc(N)cc(Cl)c1. The lowest BCUT2D eigenvalue weighted by atomic mass is 10.1. The smallest absolute Gasteiger partial charge is 0.253 e. The third kappa shape index (κ3) is 3.65. The molecular weight excluding hydrogens is 238 g/mol. The molecule has 17 heavy (non-hydrogen) atoms. The Labute approximate surface area is 106 Å². The molecule has 4 nitrogen and oxygen atoms in total. The highest BCUT2D eigenvalue weighted by atomic mass is 35.5. The summed E-state index contributed by atoms with van der Waals surface area (Å²) in [5.41, 5.74) is 6.50. The third-order valence-corrected chi connectivity index (χ3v) is 2.50. The highest BCUT2D eigenvalue weighted by molar-refractivity contribution is 6.31. The van der Waals surface area contributed by atoms with Crippen LogP contribution < -0.4 is 5.73 Å². The summed E-state index contributed by atoms with van der Waals surface area (Å²) in [6, 6.07) is 6.79. The first-order valence-electron chi connectivity index (χ1n) is 5.15. The summed E-state index contributed by atoms with van der Waals surface area (Å²) >= 11 is 5.83. The molecule has 1 atom stereocenters. The Bertz CT molecular complexity index is 447. The summed E-state index contributed by atoms with van der Waals surface area (Å²) in [7, 11) is 1.65. The van der Waals surface area contributed by atoms with Crippen LogP contribution in [0.25, 0.3) is 0 Å². The first kappa shape index (κ1) is 13.3. The number of carbonyl (C=O) groups excluding carboxylic acids is 1. The largest absolute Gasteiger partial charge is 0.399 e. The molecule has 0 aliphatic carbocycles. The molecule has 2 N–H and O–H groups in total. The van der Waals surface area contributed by atoms with Gasteiger partial charge in [0, 0.05) is 29.9 Å². The second-order valence-electron chi connectivity index (χ2n) is 3.99. The third-order valence-electron chi connectivity index (χ3n) is 2.28. The molecule has 5 heteroatoms. The number of nitrogens with two attached hydrogens (primary N) is 1. The number of nitrogens with zero attached hydrogens (tertiary/aromatic N) is 2. The Balaban J connectivity index is 2.86. The van der Waals surface area contributed by atoms with E-state index in [1.807, 2.05) is 0 Å². The predicted molar refractivity (Wildman–Crippen MR) is 67.6 cm³/mol. The maximum Gasteiger partial charge on any atom is 0.253 e. The van der Waals surface area contributed by atoms with Gasteiger partial charge in [0.25, 0.3) is 5.91 Å². The molecule has 90 valence electrons. The summed E-state index contributed by atoms with van der Waals surface area (Å²) in [4.78, 5) is 13.5. The summed E-state index contributed by atoms with van der Waals surface area (Å²) in [6.45, 7) is 2.14. The number of anilines is 1. The van der Waals surface area contributed by atoms with Crippen molar-refractivity contribution < 1.29 is 4.79 Å². The Morgan fingerprint density at radius 1 is 1.59 bits per heavy atom. The molecule has 1 rings (SSSR count). The summed E-state index contributed by atoms with van der Waals surface area (Å²) in [6.07, 6.45) is 0. The molecule has 0 bridgehead atoms. The number of nitriles is 1. The number of amides is 1. The Morgan fingerprint density at radius 3 is 2.76 bits per heavy atom. The van der Waals surface area contributed by atoms with E-state index in [9.17, 15) is 4.79 Å². The molecule has 0 radical (unpaired) electrons. The fraction of sp³-hybridized carbons (Fsp3) is 0.333. The average Bonchev–Trinajstić information content (AvgIpc) is 2.26. The lowest BCUT2D eigenvalue weighted by molar-refractivity contribution is 0.0785. The van der Waals surface area contributed by atoms with Gasteiger partial charge in [-0.05, 0) is 25.1 Å². The number of hydrogen-bond acceptors (Lipinski definition) is 3. The van der Waals surface area contributed by atoms with Crippen molar-refractivity contribution in [3.05, 3.63) is 28.8 Å². The first-order valence-corrected chi connectivity index (χ1v) is 5.53. The fourth-order valence-electron chi connectivity index (χ4n) is 1.49. The van der Waals surface area contributed by atoms with E-state index in [-0.39, 0.29) is 11.8 Å². The van der Waals surface area contributed by atoms with Crippen molar-refractivity contribution in [3.63, 3.8) is 0 Å². The van der Waals surface area contributed by atoms with Gasteiger partial charge in [-0.1, -0.05) is 11.6 Å². The van der Waals surface area contributed by atoms with E-state index in [1.54, 1.807) is 32.2 Å². The minimum Gasteiger partial charge on any atom is -0.399 e. The molecule has 1 amide bonds. The van der Waals surface area contributed by atoms with E-state index >= 15 is 0 Å². The number of rotatable bonds is 3. The molecule has 0 aliphatic rings. The van der Waals surface area contributed by atoms with Gasteiger partial charge in [-0.2, -0.15) is 5.26 Å². The van der Waals surface area contributed by atoms with Crippen LogP contribution in [-0.2, 0) is 0 Å². The van der Waals surface area contributed by atoms with Crippen molar-refractivity contribution in [1.29, 1.82) is 5.26 Å². The number of benzene rings is 1. The van der Waals surface area contributed by atoms with Crippen LogP contribution in [-0.4, -0.2) is 24.4 Å². The molecule has 0 saturated heterocycles. The van der Waals surface area contributed by atoms with Crippen LogP contribution in [0.3, 0.4) is 0 Å². The van der Waals surface area contributed by atoms with E-state index in [2.05, 4.69) is 6.07 Å². The van der Waals surface area contributed by atoms with Gasteiger partial charge in [0.1, 0.15) is 0 Å². The van der Waals surface area contributed by atoms with Crippen molar-refractivity contribution >= 4 is 23.2 Å². The van der Waals surface area contributed by atoms with Crippen LogP contribution >= 0.6 is 11.6 Å². The van der Waals surface area contributed by atoms with E-state index in [1.165, 1.54) is 4.90 Å². The standard InChI is InChI=1S/C12H14ClN3O/c1-8(6-14)7-16(2)12(17)9-3-10(13)5-11(15)4-9/h3-5,8H,7,15H2,1-2H3. The highest BCUT2D eigenvalue weighted by Gasteiger charge is 2.15. The number of nitrogen functional groups attached to an aromatic ring is 1. The van der Waals surface area contributed by atoms with Gasteiger partial charge in [0.05, 0.1) is 12.0 Å². The number of halogens is 1. The summed E-state index contributed by atoms with van der Waals surface area (Å²) in [5, 5.41) is 9.12. The Kier molecular flexibility index (Phi) is 4.36. The van der Waals surface area contributed by atoms with Gasteiger partial charge in [-0.3, -0.25) is 4.79 Å². The monoisotopic (exact) mass is 251 g/mol. The molecule has 0 aliphatic heterocycles. The van der Waals surface area contributed by atoms with Crippen LogP contribution in [0.2, 0.25) is 5.02 Å². The van der Waals surface area contributed by atoms with Crippen LogP contribution in [0.1, 0.15) is 17.3 Å². The average molecular weight is 252 g/mol. The van der Waals surface area contributed by atoms with Gasteiger partial charge in [0.2, 0.25) is 0 Å². The second kappa shape index (κ2) is 5.55. The number of carbonyl (C=O) groups is 1. The normalized spacial score (nSPS) is 11.6. The first-order chi connectivity index (χ1) is 7.93. The quantitative estimate of drug-likeness (QED) is 0.837. The number of hydrogen-bond donors (Lipinski definition) is 1. The highest BCUT2D eigenvalue weighted by Crippen LogP contribution is 2.18. The molecule has 1 aromatic carbocycles. The topological polar surface area (TPSA) is 70.1 Å². The summed E-state index contributed by atoms with van der Waals surface area (Å²) < 4.78 is 0. The van der Waals surface area contributed by atoms with Crippen molar-refractivity contribution in [3.8, 4) is 6.07 Å². The zero-order valence-corrected chi connectivity index (χ0v) is 10.5. The molecule has 0 heterocycles. The van der Waals surface area contributed by atoms with E-state index in [0.29, 0.717) is 22.8 Å². The van der Waals surface area contributed by atoms with Crippen molar-refractivity contribution in [2.75, 3.05) is 19.3 Å². The van der Waals surface area contributed by atoms with Gasteiger partial charge in [-0.15, -0.1) is 0 Å². The molecule has 0 saturated carbocycles. The maximum atomic E-state index is 12.0. The van der Waals surface area contributed by atoms with Crippen molar-refractivity contribution in [2.24, 2.45) is 5.92 Å². The van der Waals surface area contributed by atoms with Crippen molar-refractivity contribution in [2.45, 2.75) is 6.92 Å². The predicted octanol–water partition coefficient (Wildman–Crippen LogP) is 2.15. The van der Waals surface area contributed by atoms with E-state index in [0.717, 1.165) is 0 Å². The van der Waals surface area contributed by atoms with E-state index < -0.39 is 0 Å². The van der Waals surface area contributed by atoms with Crippen LogP contribution in [0.5, 0.6) is 0 Å². The zero-order valence-electron chi connectivity index (χ0n) is 9.77. The molecule has 0 fully saturated rings. The second-order valence-corrected chi connectivity index (χ2v) is 4.43. The zero-order chi connectivity index (χ0) is 13.0. The fourth-order valence-corrected chi connectivity index (χ4v) is 1.73. The van der Waals surface area contributed by atoms with E-state index in [4.69, 9.17) is 22.6 Å². The Morgan fingerprint density at radius 2 is 2.24 bits per heavy atom. The van der Waals surface area contributed by atoms with Crippen molar-refractivity contribution in [1.82, 2.24) is 4.90 Å². The minimum atomic E-state index is -0.208. The van der Waals surface area contributed by atoms with Crippen LogP contribution in [0, 0.1) is 17.2 Å². The lowest BCUT2D eigenvalue weighted by Gasteiger charge is -2.18. The van der Waals surface area contributed by atoms with Gasteiger partial charge in [0.15, 0.2) is 0 Å². The van der Waals surface area contributed by atoms with Crippen LogP contribution in [0.15, 0.2) is 18.2 Å². The molecule has 1 unspecified atom stereocenters. The molecular formula is C12H14ClN3O. The molecule has 0 spiro atoms. The van der Waals surface area contributed by atoms with Gasteiger partial charge >= 0.3 is 0 Å². The lowest BCUT2D eigenvalue weighted by Crippen LogP contribution is -2.30. The Hall–Kier alpha value is -1.73. The van der Waals surface area contributed by atoms with Crippen LogP contribution in [0.4, 0.5) is 5.69 Å². The summed E-state index contributed by atoms with van der Waals surface area (Å²) in [5.74, 6) is -0.401. The maximum absolute atomic E-state index is 12.0. The van der Waals surface area contributed by atoms with Gasteiger partial charge in [-0.25, -0.2) is 0 Å². The molecule has 0 aromatic heterocycles. The molecule has 1 aromatic rings. The minimum absolute atomic E-state index is 0.193. The van der Waals surface area contributed by atoms with Gasteiger partial charge < -0.3 is 10.6 Å².